The van der Waals surface area contributed by atoms with Crippen LogP contribution in [0.15, 0.2) is 66.7 Å². The smallest absolute Gasteiger partial charge is 0.164 e. The topological polar surface area (TPSA) is 61.7 Å². The Morgan fingerprint density at radius 3 is 2.03 bits per heavy atom. The van der Waals surface area contributed by atoms with E-state index in [1.807, 2.05) is 0 Å². The van der Waals surface area contributed by atoms with Crippen molar-refractivity contribution in [2.24, 2.45) is 0 Å². The molecule has 0 aliphatic carbocycles. The maximum atomic E-state index is 13.5. The summed E-state index contributed by atoms with van der Waals surface area (Å²) < 4.78 is 46.3. The summed E-state index contributed by atoms with van der Waals surface area (Å²) in [7, 11) is 0. The van der Waals surface area contributed by atoms with Gasteiger partial charge in [-0.25, -0.2) is 13.2 Å². The highest BCUT2D eigenvalue weighted by Gasteiger charge is 2.35. The number of phenols is 1. The van der Waals surface area contributed by atoms with Gasteiger partial charge in [-0.05, 0) is 53.1 Å². The van der Waals surface area contributed by atoms with Crippen LogP contribution in [0.5, 0.6) is 5.75 Å². The number of aliphatic hydroxyl groups is 1. The fourth-order valence-corrected chi connectivity index (χ4v) is 4.12. The Labute approximate surface area is 184 Å². The Balaban J connectivity index is 1.47. The molecule has 0 spiro atoms. The minimum atomic E-state index is -0.730. The van der Waals surface area contributed by atoms with Crippen molar-refractivity contribution < 1.29 is 28.1 Å². The molecule has 4 nitrogen and oxygen atoms in total. The average Bonchev–Trinajstić information content (AvgIpc) is 2.78. The number of rotatable bonds is 6. The second-order valence-electron chi connectivity index (χ2n) is 8.03. The van der Waals surface area contributed by atoms with Crippen molar-refractivity contribution in [1.29, 1.82) is 0 Å². The van der Waals surface area contributed by atoms with Gasteiger partial charge in [0.25, 0.3) is 0 Å². The van der Waals surface area contributed by atoms with Gasteiger partial charge in [-0.1, -0.05) is 30.3 Å². The summed E-state index contributed by atoms with van der Waals surface area (Å²) in [6, 6.07) is 15.9. The summed E-state index contributed by atoms with van der Waals surface area (Å²) in [5.41, 5.74) is 2.29. The molecule has 1 saturated heterocycles. The zero-order chi connectivity index (χ0) is 22.7. The molecule has 3 N–H and O–H groups in total. The van der Waals surface area contributed by atoms with E-state index in [0.29, 0.717) is 18.5 Å². The largest absolute Gasteiger partial charge is 0.505 e. The molecule has 0 amide bonds. The van der Waals surface area contributed by atoms with E-state index >= 15 is 0 Å². The maximum absolute atomic E-state index is 13.5. The van der Waals surface area contributed by atoms with Crippen LogP contribution in [0, 0.1) is 17.5 Å². The second-order valence-corrected chi connectivity index (χ2v) is 8.03. The third-order valence-corrected chi connectivity index (χ3v) is 5.84. The molecule has 0 radical (unpaired) electrons. The van der Waals surface area contributed by atoms with Crippen molar-refractivity contribution >= 4 is 0 Å². The van der Waals surface area contributed by atoms with Crippen LogP contribution in [0.2, 0.25) is 0 Å². The molecule has 3 aromatic rings. The van der Waals surface area contributed by atoms with Crippen LogP contribution in [-0.4, -0.2) is 35.1 Å². The molecule has 1 aliphatic rings. The first-order chi connectivity index (χ1) is 15.4. The lowest BCUT2D eigenvalue weighted by Crippen LogP contribution is -2.50. The molecular weight excluding hydrogens is 419 g/mol. The van der Waals surface area contributed by atoms with E-state index in [1.54, 1.807) is 30.3 Å². The van der Waals surface area contributed by atoms with Gasteiger partial charge >= 0.3 is 0 Å². The van der Waals surface area contributed by atoms with E-state index in [1.165, 1.54) is 36.4 Å². The number of ether oxygens (including phenoxy) is 1. The molecule has 0 saturated carbocycles. The number of aliphatic hydroxyl groups excluding tert-OH is 1. The minimum absolute atomic E-state index is 0.220. The SMILES string of the molecule is Oc1cc(CNC2COC(C(c3ccc(F)cc3)c3ccc(F)cc3)CC2O)ccc1F. The zero-order valence-corrected chi connectivity index (χ0v) is 17.2. The molecule has 4 rings (SSSR count). The predicted molar refractivity (Wildman–Crippen MR) is 114 cm³/mol. The molecule has 1 aliphatic heterocycles. The van der Waals surface area contributed by atoms with Crippen molar-refractivity contribution in [1.82, 2.24) is 5.32 Å². The molecule has 3 unspecified atom stereocenters. The van der Waals surface area contributed by atoms with Crippen LogP contribution < -0.4 is 5.32 Å². The third-order valence-electron chi connectivity index (χ3n) is 5.84. The molecular formula is C25H24F3NO3. The normalized spacial score (nSPS) is 21.1. The van der Waals surface area contributed by atoms with Crippen molar-refractivity contribution in [2.45, 2.75) is 37.1 Å². The molecule has 168 valence electrons. The Kier molecular flexibility index (Phi) is 6.79. The summed E-state index contributed by atoms with van der Waals surface area (Å²) in [5.74, 6) is -2.13. The summed E-state index contributed by atoms with van der Waals surface area (Å²) in [6.45, 7) is 0.543. The fraction of sp³-hybridized carbons (Fsp3) is 0.280. The molecule has 3 aromatic carbocycles. The molecule has 1 heterocycles. The molecule has 3 atom stereocenters. The van der Waals surface area contributed by atoms with E-state index in [-0.39, 0.29) is 30.2 Å². The number of aromatic hydroxyl groups is 1. The lowest BCUT2D eigenvalue weighted by Gasteiger charge is -2.38. The van der Waals surface area contributed by atoms with Gasteiger partial charge in [0, 0.05) is 18.9 Å². The molecule has 32 heavy (non-hydrogen) atoms. The van der Waals surface area contributed by atoms with E-state index in [2.05, 4.69) is 5.32 Å². The van der Waals surface area contributed by atoms with E-state index in [9.17, 15) is 23.4 Å². The first kappa shape index (κ1) is 22.3. The van der Waals surface area contributed by atoms with E-state index in [0.717, 1.165) is 11.1 Å². The fourth-order valence-electron chi connectivity index (χ4n) is 4.12. The summed E-state index contributed by atoms with van der Waals surface area (Å²) in [6.07, 6.45) is -0.814. The third kappa shape index (κ3) is 5.12. The lowest BCUT2D eigenvalue weighted by molar-refractivity contribution is -0.0718. The lowest BCUT2D eigenvalue weighted by atomic mass is 9.82. The number of phenolic OH excluding ortho intramolecular Hbond substituents is 1. The first-order valence-electron chi connectivity index (χ1n) is 10.4. The number of nitrogens with one attached hydrogen (secondary N) is 1. The Hall–Kier alpha value is -2.87. The number of benzene rings is 3. The summed E-state index contributed by atoms with van der Waals surface area (Å²) in [5, 5.41) is 23.5. The van der Waals surface area contributed by atoms with Crippen LogP contribution in [0.3, 0.4) is 0 Å². The van der Waals surface area contributed by atoms with Crippen LogP contribution in [0.4, 0.5) is 13.2 Å². The standard InChI is InChI=1S/C25H24F3NO3/c26-18-6-2-16(3-7-18)25(17-4-8-19(27)9-5-17)24-12-23(31)21(14-32-24)29-13-15-1-10-20(28)22(30)11-15/h1-11,21,23-25,29-31H,12-14H2. The number of halogens is 3. The van der Waals surface area contributed by atoms with Gasteiger partial charge in [-0.3, -0.25) is 0 Å². The van der Waals surface area contributed by atoms with Crippen LogP contribution >= 0.6 is 0 Å². The summed E-state index contributed by atoms with van der Waals surface area (Å²) >= 11 is 0. The highest BCUT2D eigenvalue weighted by Crippen LogP contribution is 2.35. The zero-order valence-electron chi connectivity index (χ0n) is 17.2. The monoisotopic (exact) mass is 443 g/mol. The van der Waals surface area contributed by atoms with Gasteiger partial charge in [-0.15, -0.1) is 0 Å². The number of hydrogen-bond acceptors (Lipinski definition) is 4. The van der Waals surface area contributed by atoms with Gasteiger partial charge in [-0.2, -0.15) is 0 Å². The summed E-state index contributed by atoms with van der Waals surface area (Å²) in [4.78, 5) is 0. The van der Waals surface area contributed by atoms with Crippen LogP contribution in [-0.2, 0) is 11.3 Å². The minimum Gasteiger partial charge on any atom is -0.505 e. The van der Waals surface area contributed by atoms with Crippen molar-refractivity contribution in [3.05, 3.63) is 101 Å². The molecule has 0 bridgehead atoms. The van der Waals surface area contributed by atoms with Crippen LogP contribution in [0.25, 0.3) is 0 Å². The number of hydrogen-bond donors (Lipinski definition) is 3. The second kappa shape index (κ2) is 9.73. The quantitative estimate of drug-likeness (QED) is 0.533. The predicted octanol–water partition coefficient (Wildman–Crippen LogP) is 4.25. The van der Waals surface area contributed by atoms with Gasteiger partial charge in [0.1, 0.15) is 11.6 Å². The average molecular weight is 443 g/mol. The van der Waals surface area contributed by atoms with Crippen LogP contribution in [0.1, 0.15) is 29.0 Å². The Morgan fingerprint density at radius 2 is 1.50 bits per heavy atom. The molecule has 7 heteroatoms. The first-order valence-corrected chi connectivity index (χ1v) is 10.4. The van der Waals surface area contributed by atoms with Gasteiger partial charge in [0.05, 0.1) is 24.9 Å². The van der Waals surface area contributed by atoms with Gasteiger partial charge in [0.2, 0.25) is 0 Å². The highest BCUT2D eigenvalue weighted by atomic mass is 19.1. The van der Waals surface area contributed by atoms with E-state index < -0.39 is 23.8 Å². The van der Waals surface area contributed by atoms with Crippen molar-refractivity contribution in [3.8, 4) is 5.75 Å². The molecule has 0 aromatic heterocycles. The Bertz CT molecular complexity index is 998. The Morgan fingerprint density at radius 1 is 0.906 bits per heavy atom. The van der Waals surface area contributed by atoms with Crippen molar-refractivity contribution in [3.63, 3.8) is 0 Å². The molecule has 1 fully saturated rings. The highest BCUT2D eigenvalue weighted by molar-refractivity contribution is 5.35. The maximum Gasteiger partial charge on any atom is 0.164 e. The van der Waals surface area contributed by atoms with Gasteiger partial charge < -0.3 is 20.3 Å². The van der Waals surface area contributed by atoms with E-state index in [4.69, 9.17) is 4.74 Å². The van der Waals surface area contributed by atoms with Gasteiger partial charge in [0.15, 0.2) is 11.6 Å². The van der Waals surface area contributed by atoms with Crippen molar-refractivity contribution in [2.75, 3.05) is 6.61 Å².